The fraction of sp³-hybridized carbons (Fsp3) is 0.133. The maximum absolute atomic E-state index is 12.4. The Balaban J connectivity index is 1.33. The van der Waals surface area contributed by atoms with Gasteiger partial charge < -0.3 is 20.1 Å². The lowest BCUT2D eigenvalue weighted by Crippen LogP contribution is -2.20. The van der Waals surface area contributed by atoms with Crippen molar-refractivity contribution in [3.63, 3.8) is 0 Å². The van der Waals surface area contributed by atoms with Gasteiger partial charge in [0.2, 0.25) is 0 Å². The number of halogens is 2. The van der Waals surface area contributed by atoms with E-state index in [2.05, 4.69) is 10.6 Å². The van der Waals surface area contributed by atoms with Crippen LogP contribution in [0.5, 0.6) is 11.5 Å². The van der Waals surface area contributed by atoms with Gasteiger partial charge in [-0.1, -0.05) is 35.3 Å². The maximum Gasteiger partial charge on any atom is 0.262 e. The van der Waals surface area contributed by atoms with Crippen LogP contribution in [0.3, 0.4) is 0 Å². The molecule has 0 heterocycles. The molecule has 0 aliphatic rings. The molecule has 0 radical (unpaired) electrons. The molecule has 2 amide bonds. The fourth-order valence-corrected chi connectivity index (χ4v) is 3.95. The molecule has 0 unspecified atom stereocenters. The average Bonchev–Trinajstić information content (AvgIpc) is 2.90. The second-order valence-corrected chi connectivity index (χ2v) is 9.51. The van der Waals surface area contributed by atoms with Crippen LogP contribution in [0.15, 0.2) is 84.9 Å². The molecule has 4 aromatic carbocycles. The summed E-state index contributed by atoms with van der Waals surface area (Å²) in [6.45, 7) is 3.64. The van der Waals surface area contributed by atoms with E-state index in [0.29, 0.717) is 32.9 Å². The van der Waals surface area contributed by atoms with Crippen molar-refractivity contribution in [3.05, 3.63) is 106 Å². The zero-order valence-corrected chi connectivity index (χ0v) is 22.4. The van der Waals surface area contributed by atoms with E-state index in [1.54, 1.807) is 48.5 Å². The number of carbonyl (C=O) groups excluding carboxylic acids is 2. The number of amides is 2. The van der Waals surface area contributed by atoms with Crippen molar-refractivity contribution >= 4 is 46.4 Å². The Morgan fingerprint density at radius 2 is 0.974 bits per heavy atom. The van der Waals surface area contributed by atoms with Crippen LogP contribution in [0.4, 0.5) is 11.4 Å². The van der Waals surface area contributed by atoms with Crippen LogP contribution in [0.25, 0.3) is 11.1 Å². The molecule has 8 heteroatoms. The second-order valence-electron chi connectivity index (χ2n) is 8.64. The Hall–Kier alpha value is -4.00. The van der Waals surface area contributed by atoms with Crippen molar-refractivity contribution in [2.75, 3.05) is 23.8 Å². The highest BCUT2D eigenvalue weighted by atomic mass is 35.5. The summed E-state index contributed by atoms with van der Waals surface area (Å²) >= 11 is 11.7. The Labute approximate surface area is 231 Å². The highest BCUT2D eigenvalue weighted by molar-refractivity contribution is 6.30. The van der Waals surface area contributed by atoms with Gasteiger partial charge in [0.05, 0.1) is 0 Å². The first kappa shape index (κ1) is 27.0. The molecule has 0 aliphatic heterocycles. The van der Waals surface area contributed by atoms with Crippen LogP contribution >= 0.6 is 23.2 Å². The first-order chi connectivity index (χ1) is 18.3. The first-order valence-corrected chi connectivity index (χ1v) is 12.6. The van der Waals surface area contributed by atoms with Crippen molar-refractivity contribution in [1.29, 1.82) is 0 Å². The molecule has 4 aromatic rings. The van der Waals surface area contributed by atoms with Crippen LogP contribution in [-0.4, -0.2) is 25.0 Å². The van der Waals surface area contributed by atoms with Crippen LogP contribution in [0.1, 0.15) is 11.1 Å². The van der Waals surface area contributed by atoms with Crippen molar-refractivity contribution in [1.82, 2.24) is 0 Å². The number of ether oxygens (including phenoxy) is 2. The molecule has 0 aliphatic carbocycles. The monoisotopic (exact) mass is 548 g/mol. The third-order valence-electron chi connectivity index (χ3n) is 5.70. The van der Waals surface area contributed by atoms with Crippen molar-refractivity contribution < 1.29 is 19.1 Å². The van der Waals surface area contributed by atoms with Gasteiger partial charge in [-0.2, -0.15) is 0 Å². The van der Waals surface area contributed by atoms with Crippen LogP contribution in [-0.2, 0) is 9.59 Å². The van der Waals surface area contributed by atoms with Gasteiger partial charge in [-0.05, 0) is 109 Å². The summed E-state index contributed by atoms with van der Waals surface area (Å²) in [5, 5.41) is 6.97. The van der Waals surface area contributed by atoms with E-state index in [0.717, 1.165) is 22.3 Å². The second kappa shape index (κ2) is 12.5. The predicted molar refractivity (Wildman–Crippen MR) is 153 cm³/mol. The number of aryl methyl sites for hydroxylation is 2. The third kappa shape index (κ3) is 7.51. The minimum atomic E-state index is -0.258. The van der Waals surface area contributed by atoms with E-state index < -0.39 is 0 Å². The minimum Gasteiger partial charge on any atom is -0.484 e. The van der Waals surface area contributed by atoms with Crippen LogP contribution in [0.2, 0.25) is 10.0 Å². The van der Waals surface area contributed by atoms with E-state index in [1.165, 1.54) is 0 Å². The third-order valence-corrected chi connectivity index (χ3v) is 6.21. The molecule has 0 fully saturated rings. The molecule has 0 saturated carbocycles. The van der Waals surface area contributed by atoms with Gasteiger partial charge in [-0.15, -0.1) is 0 Å². The SMILES string of the molecule is Cc1cc(-c2ccc(NC(=O)COc3ccc(Cl)cc3)c(C)c2)ccc1NC(=O)COc1ccc(Cl)cc1. The van der Waals surface area contributed by atoms with Gasteiger partial charge in [0, 0.05) is 21.4 Å². The molecule has 6 nitrogen and oxygen atoms in total. The highest BCUT2D eigenvalue weighted by Crippen LogP contribution is 2.28. The quantitative estimate of drug-likeness (QED) is 0.230. The van der Waals surface area contributed by atoms with E-state index >= 15 is 0 Å². The lowest BCUT2D eigenvalue weighted by atomic mass is 10.00. The van der Waals surface area contributed by atoms with E-state index in [1.807, 2.05) is 50.2 Å². The van der Waals surface area contributed by atoms with Gasteiger partial charge in [0.15, 0.2) is 13.2 Å². The molecule has 194 valence electrons. The maximum atomic E-state index is 12.4. The molecule has 38 heavy (non-hydrogen) atoms. The molecular formula is C30H26Cl2N2O4. The molecule has 2 N–H and O–H groups in total. The molecular weight excluding hydrogens is 523 g/mol. The fourth-order valence-electron chi connectivity index (χ4n) is 3.70. The standard InChI is InChI=1S/C30H26Cl2N2O4/c1-19-15-21(3-13-27(19)33-29(35)17-37-25-9-5-23(31)6-10-25)22-4-14-28(20(2)16-22)34-30(36)18-38-26-11-7-24(32)8-12-26/h3-16H,17-18H2,1-2H3,(H,33,35)(H,34,36). The lowest BCUT2D eigenvalue weighted by Gasteiger charge is -2.13. The lowest BCUT2D eigenvalue weighted by molar-refractivity contribution is -0.118. The minimum absolute atomic E-state index is 0.111. The number of anilines is 2. The number of rotatable bonds is 9. The topological polar surface area (TPSA) is 76.7 Å². The summed E-state index contributed by atoms with van der Waals surface area (Å²) < 4.78 is 11.0. The summed E-state index contributed by atoms with van der Waals surface area (Å²) in [5.41, 5.74) is 5.22. The Bertz CT molecular complexity index is 1330. The summed E-state index contributed by atoms with van der Waals surface area (Å²) in [5.74, 6) is 0.625. The molecule has 0 saturated heterocycles. The van der Waals surface area contributed by atoms with Gasteiger partial charge in [0.25, 0.3) is 11.8 Å². The Morgan fingerprint density at radius 1 is 0.605 bits per heavy atom. The number of carbonyl (C=O) groups is 2. The summed E-state index contributed by atoms with van der Waals surface area (Å²) in [6, 6.07) is 25.3. The molecule has 0 atom stereocenters. The number of nitrogens with one attached hydrogen (secondary N) is 2. The summed E-state index contributed by atoms with van der Waals surface area (Å²) in [7, 11) is 0. The molecule has 4 rings (SSSR count). The highest BCUT2D eigenvalue weighted by Gasteiger charge is 2.10. The first-order valence-electron chi connectivity index (χ1n) is 11.8. The van der Waals surface area contributed by atoms with E-state index in [4.69, 9.17) is 32.7 Å². The Morgan fingerprint density at radius 3 is 1.32 bits per heavy atom. The normalized spacial score (nSPS) is 10.5. The van der Waals surface area contributed by atoms with Gasteiger partial charge in [0.1, 0.15) is 11.5 Å². The van der Waals surface area contributed by atoms with Crippen LogP contribution in [0, 0.1) is 13.8 Å². The van der Waals surface area contributed by atoms with Crippen molar-refractivity contribution in [2.45, 2.75) is 13.8 Å². The average molecular weight is 549 g/mol. The molecule has 0 spiro atoms. The van der Waals surface area contributed by atoms with Gasteiger partial charge in [-0.3, -0.25) is 9.59 Å². The molecule has 0 aromatic heterocycles. The smallest absolute Gasteiger partial charge is 0.262 e. The summed E-state index contributed by atoms with van der Waals surface area (Å²) in [6.07, 6.45) is 0. The zero-order valence-electron chi connectivity index (χ0n) is 20.9. The number of benzene rings is 4. The van der Waals surface area contributed by atoms with Crippen molar-refractivity contribution in [3.8, 4) is 22.6 Å². The molecule has 0 bridgehead atoms. The number of hydrogen-bond acceptors (Lipinski definition) is 4. The van der Waals surface area contributed by atoms with Gasteiger partial charge >= 0.3 is 0 Å². The Kier molecular flexibility index (Phi) is 8.89. The summed E-state index contributed by atoms with van der Waals surface area (Å²) in [4.78, 5) is 24.7. The van der Waals surface area contributed by atoms with Crippen LogP contribution < -0.4 is 20.1 Å². The van der Waals surface area contributed by atoms with Crippen molar-refractivity contribution in [2.24, 2.45) is 0 Å². The van der Waals surface area contributed by atoms with E-state index in [-0.39, 0.29) is 25.0 Å². The predicted octanol–water partition coefficient (Wildman–Crippen LogP) is 7.31. The van der Waals surface area contributed by atoms with Gasteiger partial charge in [-0.25, -0.2) is 0 Å². The number of hydrogen-bond donors (Lipinski definition) is 2. The largest absolute Gasteiger partial charge is 0.484 e. The zero-order chi connectivity index (χ0) is 27.1. The van der Waals surface area contributed by atoms with E-state index in [9.17, 15) is 9.59 Å².